The molecule has 1 N–H and O–H groups in total. The van der Waals surface area contributed by atoms with Crippen LogP contribution in [0.3, 0.4) is 0 Å². The van der Waals surface area contributed by atoms with Crippen molar-refractivity contribution in [2.75, 3.05) is 18.0 Å². The quantitative estimate of drug-likeness (QED) is 0.738. The van der Waals surface area contributed by atoms with Gasteiger partial charge in [-0.05, 0) is 25.7 Å². The van der Waals surface area contributed by atoms with E-state index < -0.39 is 0 Å². The number of rotatable bonds is 1. The second-order valence-electron chi connectivity index (χ2n) is 4.24. The minimum atomic E-state index is -0.367. The molecular weight excluding hydrogens is 192 g/mol. The molecule has 1 aliphatic rings. The molecule has 1 aromatic rings. The van der Waals surface area contributed by atoms with Crippen molar-refractivity contribution in [2.45, 2.75) is 26.7 Å². The summed E-state index contributed by atoms with van der Waals surface area (Å²) in [5.74, 6) is 1.41. The molecule has 0 aliphatic carbocycles. The molecule has 5 heteroatoms. The highest BCUT2D eigenvalue weighted by molar-refractivity contribution is 5.41. The van der Waals surface area contributed by atoms with Crippen molar-refractivity contribution < 1.29 is 0 Å². The van der Waals surface area contributed by atoms with Crippen molar-refractivity contribution in [1.29, 1.82) is 0 Å². The number of aryl methyl sites for hydroxylation is 1. The van der Waals surface area contributed by atoms with Crippen LogP contribution in [0.5, 0.6) is 0 Å². The predicted octanol–water partition coefficient (Wildman–Crippen LogP) is 0.710. The van der Waals surface area contributed by atoms with E-state index >= 15 is 0 Å². The second-order valence-corrected chi connectivity index (χ2v) is 4.24. The van der Waals surface area contributed by atoms with Crippen molar-refractivity contribution in [1.82, 2.24) is 15.2 Å². The van der Waals surface area contributed by atoms with Gasteiger partial charge in [-0.1, -0.05) is 6.92 Å². The number of aromatic amines is 1. The SMILES string of the molecule is Cc1n[nH]c(=O)nc1N1CCC[C@@H](C)C1. The molecule has 82 valence electrons. The highest BCUT2D eigenvalue weighted by atomic mass is 16.1. The van der Waals surface area contributed by atoms with Crippen molar-refractivity contribution in [3.05, 3.63) is 16.2 Å². The Hall–Kier alpha value is -1.39. The van der Waals surface area contributed by atoms with Gasteiger partial charge in [-0.2, -0.15) is 10.1 Å². The summed E-state index contributed by atoms with van der Waals surface area (Å²) >= 11 is 0. The number of nitrogens with zero attached hydrogens (tertiary/aromatic N) is 3. The molecule has 0 amide bonds. The van der Waals surface area contributed by atoms with Crippen LogP contribution in [0.4, 0.5) is 5.82 Å². The zero-order chi connectivity index (χ0) is 10.8. The number of anilines is 1. The summed E-state index contributed by atoms with van der Waals surface area (Å²) in [6.45, 7) is 6.04. The normalized spacial score (nSPS) is 21.7. The third-order valence-corrected chi connectivity index (χ3v) is 2.81. The molecule has 1 atom stereocenters. The summed E-state index contributed by atoms with van der Waals surface area (Å²) in [7, 11) is 0. The average Bonchev–Trinajstić information content (AvgIpc) is 2.22. The van der Waals surface area contributed by atoms with Gasteiger partial charge in [0.1, 0.15) is 5.69 Å². The predicted molar refractivity (Wildman–Crippen MR) is 58.0 cm³/mol. The molecule has 1 saturated heterocycles. The minimum absolute atomic E-state index is 0.367. The van der Waals surface area contributed by atoms with Gasteiger partial charge in [0.25, 0.3) is 0 Å². The average molecular weight is 208 g/mol. The van der Waals surface area contributed by atoms with Gasteiger partial charge in [-0.25, -0.2) is 9.89 Å². The monoisotopic (exact) mass is 208 g/mol. The van der Waals surface area contributed by atoms with E-state index in [0.717, 1.165) is 31.0 Å². The number of nitrogens with one attached hydrogen (secondary N) is 1. The number of hydrogen-bond acceptors (Lipinski definition) is 4. The van der Waals surface area contributed by atoms with Gasteiger partial charge in [0.15, 0.2) is 5.82 Å². The largest absolute Gasteiger partial charge is 0.363 e. The lowest BCUT2D eigenvalue weighted by molar-refractivity contribution is 0.443. The minimum Gasteiger partial charge on any atom is -0.355 e. The lowest BCUT2D eigenvalue weighted by Gasteiger charge is -2.31. The molecule has 0 radical (unpaired) electrons. The smallest absolute Gasteiger partial charge is 0.355 e. The number of H-pyrrole nitrogens is 1. The van der Waals surface area contributed by atoms with E-state index in [4.69, 9.17) is 0 Å². The van der Waals surface area contributed by atoms with E-state index in [-0.39, 0.29) is 5.69 Å². The molecule has 1 aliphatic heterocycles. The summed E-state index contributed by atoms with van der Waals surface area (Å²) in [6, 6.07) is 0. The first kappa shape index (κ1) is 10.1. The molecule has 15 heavy (non-hydrogen) atoms. The zero-order valence-corrected chi connectivity index (χ0v) is 9.16. The van der Waals surface area contributed by atoms with Crippen LogP contribution in [0.15, 0.2) is 4.79 Å². The van der Waals surface area contributed by atoms with Gasteiger partial charge in [0.2, 0.25) is 0 Å². The van der Waals surface area contributed by atoms with E-state index in [1.807, 2.05) is 6.92 Å². The zero-order valence-electron chi connectivity index (χ0n) is 9.16. The van der Waals surface area contributed by atoms with Crippen LogP contribution in [-0.2, 0) is 0 Å². The van der Waals surface area contributed by atoms with Crippen molar-refractivity contribution >= 4 is 5.82 Å². The van der Waals surface area contributed by atoms with Gasteiger partial charge < -0.3 is 4.90 Å². The highest BCUT2D eigenvalue weighted by Gasteiger charge is 2.19. The van der Waals surface area contributed by atoms with Crippen molar-refractivity contribution in [3.8, 4) is 0 Å². The number of aromatic nitrogens is 3. The summed E-state index contributed by atoms with van der Waals surface area (Å²) in [5, 5.41) is 6.28. The maximum Gasteiger partial charge on any atom is 0.363 e. The van der Waals surface area contributed by atoms with Gasteiger partial charge >= 0.3 is 5.69 Å². The summed E-state index contributed by atoms with van der Waals surface area (Å²) in [5.41, 5.74) is 0.428. The van der Waals surface area contributed by atoms with E-state index in [1.165, 1.54) is 6.42 Å². The van der Waals surface area contributed by atoms with Crippen LogP contribution in [-0.4, -0.2) is 28.3 Å². The highest BCUT2D eigenvalue weighted by Crippen LogP contribution is 2.21. The Bertz CT molecular complexity index is 401. The standard InChI is InChI=1S/C10H16N4O/c1-7-4-3-5-14(6-7)9-8(2)12-13-10(15)11-9/h7H,3-6H2,1-2H3,(H,11,13,15)/t7-/m1/s1. The molecule has 0 aromatic carbocycles. The van der Waals surface area contributed by atoms with E-state index in [1.54, 1.807) is 0 Å². The molecule has 0 spiro atoms. The van der Waals surface area contributed by atoms with Crippen LogP contribution < -0.4 is 10.6 Å². The van der Waals surface area contributed by atoms with E-state index in [2.05, 4.69) is 27.0 Å². The fourth-order valence-electron chi connectivity index (χ4n) is 2.07. The third-order valence-electron chi connectivity index (χ3n) is 2.81. The Morgan fingerprint density at radius 1 is 1.53 bits per heavy atom. The molecule has 1 aromatic heterocycles. The molecule has 5 nitrogen and oxygen atoms in total. The van der Waals surface area contributed by atoms with Gasteiger partial charge in [0.05, 0.1) is 0 Å². The molecule has 1 fully saturated rings. The lowest BCUT2D eigenvalue weighted by Crippen LogP contribution is -2.36. The number of hydrogen-bond donors (Lipinski definition) is 1. The van der Waals surface area contributed by atoms with Crippen LogP contribution in [0.1, 0.15) is 25.5 Å². The third kappa shape index (κ3) is 2.16. The van der Waals surface area contributed by atoms with Crippen molar-refractivity contribution in [3.63, 3.8) is 0 Å². The summed E-state index contributed by atoms with van der Waals surface area (Å²) in [4.78, 5) is 17.3. The van der Waals surface area contributed by atoms with Crippen LogP contribution in [0, 0.1) is 12.8 Å². The molecule has 2 rings (SSSR count). The van der Waals surface area contributed by atoms with E-state index in [9.17, 15) is 4.79 Å². The summed E-state index contributed by atoms with van der Waals surface area (Å²) in [6.07, 6.45) is 2.42. The molecule has 0 saturated carbocycles. The Balaban J connectivity index is 2.27. The molecule has 0 bridgehead atoms. The second kappa shape index (κ2) is 4.00. The Morgan fingerprint density at radius 3 is 3.07 bits per heavy atom. The van der Waals surface area contributed by atoms with Crippen LogP contribution in [0.2, 0.25) is 0 Å². The van der Waals surface area contributed by atoms with Crippen LogP contribution in [0.25, 0.3) is 0 Å². The number of piperidine rings is 1. The molecular formula is C10H16N4O. The summed E-state index contributed by atoms with van der Waals surface area (Å²) < 4.78 is 0. The Kier molecular flexibility index (Phi) is 2.70. The maximum atomic E-state index is 11.1. The first-order valence-corrected chi connectivity index (χ1v) is 5.35. The van der Waals surface area contributed by atoms with Gasteiger partial charge in [-0.15, -0.1) is 0 Å². The van der Waals surface area contributed by atoms with Crippen molar-refractivity contribution in [2.24, 2.45) is 5.92 Å². The first-order valence-electron chi connectivity index (χ1n) is 5.35. The Labute approximate surface area is 88.5 Å². The molecule has 0 unspecified atom stereocenters. The lowest BCUT2D eigenvalue weighted by atomic mass is 10.0. The fourth-order valence-corrected chi connectivity index (χ4v) is 2.07. The topological polar surface area (TPSA) is 61.9 Å². The van der Waals surface area contributed by atoms with E-state index in [0.29, 0.717) is 5.92 Å². The Morgan fingerprint density at radius 2 is 2.33 bits per heavy atom. The first-order chi connectivity index (χ1) is 7.16. The van der Waals surface area contributed by atoms with Gasteiger partial charge in [0, 0.05) is 13.1 Å². The van der Waals surface area contributed by atoms with Crippen LogP contribution >= 0.6 is 0 Å². The van der Waals surface area contributed by atoms with Gasteiger partial charge in [-0.3, -0.25) is 0 Å². The maximum absolute atomic E-state index is 11.1. The molecule has 2 heterocycles. The fraction of sp³-hybridized carbons (Fsp3) is 0.700.